The topological polar surface area (TPSA) is 35.5 Å². The highest BCUT2D eigenvalue weighted by Gasteiger charge is 2.65. The van der Waals surface area contributed by atoms with E-state index in [1.54, 1.807) is 103 Å². The van der Waals surface area contributed by atoms with Crippen LogP contribution in [0.3, 0.4) is 0 Å². The van der Waals surface area contributed by atoms with Crippen LogP contribution >= 0.6 is 18.2 Å². The van der Waals surface area contributed by atoms with Gasteiger partial charge in [0.2, 0.25) is 5.60 Å². The lowest BCUT2D eigenvalue weighted by Crippen LogP contribution is -2.56. The van der Waals surface area contributed by atoms with Crippen molar-refractivity contribution in [1.82, 2.24) is 0 Å². The van der Waals surface area contributed by atoms with Crippen molar-refractivity contribution in [3.05, 3.63) is 113 Å². The van der Waals surface area contributed by atoms with E-state index in [1.807, 2.05) is 0 Å². The molecule has 0 aliphatic rings. The van der Waals surface area contributed by atoms with Crippen LogP contribution in [0, 0.1) is 0 Å². The fourth-order valence-electron chi connectivity index (χ4n) is 4.69. The molecule has 0 N–H and O–H groups in total. The van der Waals surface area contributed by atoms with Crippen LogP contribution < -0.4 is 15.9 Å². The Balaban J connectivity index is 2.42. The van der Waals surface area contributed by atoms with Gasteiger partial charge in [0.25, 0.3) is 0 Å². The molecule has 1 aromatic heterocycles. The van der Waals surface area contributed by atoms with Gasteiger partial charge in [0.1, 0.15) is 0 Å². The van der Waals surface area contributed by atoms with Crippen molar-refractivity contribution in [2.24, 2.45) is 0 Å². The van der Waals surface area contributed by atoms with E-state index in [1.165, 1.54) is 12.1 Å². The van der Waals surface area contributed by atoms with E-state index in [-0.39, 0.29) is 11.5 Å². The normalized spacial score (nSPS) is 13.5. The summed E-state index contributed by atoms with van der Waals surface area (Å²) in [4.78, 5) is 13.9. The van der Waals surface area contributed by atoms with Crippen LogP contribution in [0.15, 0.2) is 109 Å². The van der Waals surface area contributed by atoms with Crippen molar-refractivity contribution in [2.75, 3.05) is 13.7 Å². The highest BCUT2D eigenvalue weighted by Crippen LogP contribution is 2.56. The standard InChI is InChI=1S/C29H26F3O3PS/c1-3-35-27(33)26(28(34-2,29(30,31)32)25-20-13-21-37-25)36(22-14-7-4-8-15-22,23-16-9-5-10-17-23)24-18-11-6-12-19-24/h4-21H,3H2,1-2H3. The van der Waals surface area contributed by atoms with Gasteiger partial charge in [0.05, 0.1) is 16.8 Å². The smallest absolute Gasteiger partial charge is 0.427 e. The summed E-state index contributed by atoms with van der Waals surface area (Å²) in [6, 6.07) is 29.5. The molecule has 0 aliphatic heterocycles. The molecule has 0 saturated carbocycles. The second-order valence-corrected chi connectivity index (χ2v) is 12.4. The number of thiophene rings is 1. The first-order valence-corrected chi connectivity index (χ1v) is 14.3. The number of halogens is 3. The Hall–Kier alpha value is -3.12. The van der Waals surface area contributed by atoms with Crippen LogP contribution in [0.5, 0.6) is 0 Å². The molecule has 0 aliphatic carbocycles. The summed E-state index contributed by atoms with van der Waals surface area (Å²) in [5.41, 5.74) is -3.05. The number of benzene rings is 3. The SMILES string of the molecule is CCOC(=O)C(C(OC)(c1cccs1)C(F)(F)F)=P(c1ccccc1)(c1ccccc1)c1ccccc1. The van der Waals surface area contributed by atoms with Gasteiger partial charge in [-0.1, -0.05) is 97.1 Å². The van der Waals surface area contributed by atoms with Gasteiger partial charge >= 0.3 is 12.1 Å². The highest BCUT2D eigenvalue weighted by molar-refractivity contribution is 7.96. The molecule has 1 unspecified atom stereocenters. The summed E-state index contributed by atoms with van der Waals surface area (Å²) in [5.74, 6) is -1.04. The van der Waals surface area contributed by atoms with Gasteiger partial charge in [-0.3, -0.25) is 0 Å². The number of rotatable bonds is 8. The third kappa shape index (κ3) is 4.56. The summed E-state index contributed by atoms with van der Waals surface area (Å²) < 4.78 is 57.6. The van der Waals surface area contributed by atoms with Gasteiger partial charge in [-0.25, -0.2) is 4.79 Å². The Labute approximate surface area is 218 Å². The van der Waals surface area contributed by atoms with Gasteiger partial charge in [0, 0.05) is 7.11 Å². The molecule has 0 saturated heterocycles. The number of esters is 1. The van der Waals surface area contributed by atoms with Crippen molar-refractivity contribution in [1.29, 1.82) is 0 Å². The molecular weight excluding hydrogens is 516 g/mol. The fourth-order valence-corrected chi connectivity index (χ4v) is 10.4. The Bertz CT molecular complexity index is 1270. The average molecular weight is 543 g/mol. The van der Waals surface area contributed by atoms with E-state index in [0.717, 1.165) is 18.4 Å². The zero-order chi connectivity index (χ0) is 26.5. The zero-order valence-electron chi connectivity index (χ0n) is 20.3. The molecule has 3 nitrogen and oxygen atoms in total. The second kappa shape index (κ2) is 11.1. The molecule has 0 bridgehead atoms. The molecule has 8 heteroatoms. The number of methoxy groups -OCH3 is 1. The minimum absolute atomic E-state index is 0.0945. The van der Waals surface area contributed by atoms with Crippen LogP contribution in [-0.2, 0) is 19.9 Å². The maximum atomic E-state index is 15.5. The molecule has 0 fully saturated rings. The Morgan fingerprint density at radius 3 is 1.57 bits per heavy atom. The van der Waals surface area contributed by atoms with Crippen LogP contribution in [0.1, 0.15) is 11.8 Å². The average Bonchev–Trinajstić information content (AvgIpc) is 3.45. The molecule has 3 aromatic carbocycles. The van der Waals surface area contributed by atoms with Crippen LogP contribution in [0.25, 0.3) is 0 Å². The quantitative estimate of drug-likeness (QED) is 0.206. The molecule has 192 valence electrons. The van der Waals surface area contributed by atoms with Gasteiger partial charge in [0.15, 0.2) is 0 Å². The number of hydrogen-bond donors (Lipinski definition) is 0. The summed E-state index contributed by atoms with van der Waals surface area (Å²) in [6.45, 7) is -2.04. The third-order valence-corrected chi connectivity index (χ3v) is 11.5. The lowest BCUT2D eigenvalue weighted by Gasteiger charge is -2.41. The van der Waals surface area contributed by atoms with E-state index in [2.05, 4.69) is 0 Å². The van der Waals surface area contributed by atoms with Crippen molar-refractivity contribution in [2.45, 2.75) is 18.7 Å². The first-order chi connectivity index (χ1) is 17.8. The minimum Gasteiger partial charge on any atom is -0.462 e. The van der Waals surface area contributed by atoms with Crippen molar-refractivity contribution in [3.8, 4) is 0 Å². The molecular formula is C29H26F3O3PS. The van der Waals surface area contributed by atoms with Crippen LogP contribution in [0.4, 0.5) is 13.2 Å². The Morgan fingerprint density at radius 2 is 1.24 bits per heavy atom. The molecule has 0 spiro atoms. The van der Waals surface area contributed by atoms with Gasteiger partial charge in [-0.05, 0) is 41.2 Å². The Morgan fingerprint density at radius 1 is 0.784 bits per heavy atom. The summed E-state index contributed by atoms with van der Waals surface area (Å²) in [6.07, 6.45) is -4.99. The molecule has 4 rings (SSSR count). The second-order valence-electron chi connectivity index (χ2n) is 8.11. The minimum atomic E-state index is -4.99. The number of hydrogen-bond acceptors (Lipinski definition) is 4. The summed E-state index contributed by atoms with van der Waals surface area (Å²) >= 11 is 0.891. The Kier molecular flexibility index (Phi) is 8.08. The molecule has 1 heterocycles. The predicted molar refractivity (Wildman–Crippen MR) is 146 cm³/mol. The van der Waals surface area contributed by atoms with E-state index in [9.17, 15) is 4.79 Å². The van der Waals surface area contributed by atoms with Crippen molar-refractivity contribution in [3.63, 3.8) is 0 Å². The van der Waals surface area contributed by atoms with Crippen molar-refractivity contribution >= 4 is 45.4 Å². The lowest BCUT2D eigenvalue weighted by atomic mass is 9.96. The van der Waals surface area contributed by atoms with E-state index in [4.69, 9.17) is 9.47 Å². The zero-order valence-corrected chi connectivity index (χ0v) is 22.0. The first-order valence-electron chi connectivity index (χ1n) is 11.6. The number of alkyl halides is 3. The van der Waals surface area contributed by atoms with E-state index in [0.29, 0.717) is 15.9 Å². The van der Waals surface area contributed by atoms with Crippen LogP contribution in [0.2, 0.25) is 0 Å². The molecule has 1 atom stereocenters. The van der Waals surface area contributed by atoms with Crippen molar-refractivity contribution < 1.29 is 27.4 Å². The molecule has 4 aromatic rings. The van der Waals surface area contributed by atoms with Gasteiger partial charge < -0.3 is 9.47 Å². The number of carbonyl (C=O) groups excluding carboxylic acids is 1. The van der Waals surface area contributed by atoms with E-state index < -0.39 is 29.9 Å². The maximum absolute atomic E-state index is 15.5. The number of carbonyl (C=O) groups is 1. The lowest BCUT2D eigenvalue weighted by molar-refractivity contribution is -0.244. The highest BCUT2D eigenvalue weighted by atomic mass is 32.1. The summed E-state index contributed by atoms with van der Waals surface area (Å²) in [5, 5.41) is 2.82. The predicted octanol–water partition coefficient (Wildman–Crippen LogP) is 5.88. The van der Waals surface area contributed by atoms with Crippen LogP contribution in [-0.4, -0.2) is 31.2 Å². The van der Waals surface area contributed by atoms with Gasteiger partial charge in [-0.15, -0.1) is 11.3 Å². The molecule has 37 heavy (non-hydrogen) atoms. The monoisotopic (exact) mass is 542 g/mol. The van der Waals surface area contributed by atoms with E-state index >= 15 is 13.2 Å². The molecule has 0 radical (unpaired) electrons. The fraction of sp³-hybridized carbons (Fsp3) is 0.172. The number of ether oxygens (including phenoxy) is 2. The first kappa shape index (κ1) is 26.9. The van der Waals surface area contributed by atoms with Gasteiger partial charge in [-0.2, -0.15) is 13.2 Å². The largest absolute Gasteiger partial charge is 0.462 e. The molecule has 0 amide bonds. The maximum Gasteiger partial charge on any atom is 0.427 e. The third-order valence-electron chi connectivity index (χ3n) is 6.14. The summed E-state index contributed by atoms with van der Waals surface area (Å²) in [7, 11) is 1.00.